The highest BCUT2D eigenvalue weighted by atomic mass is 19.1. The highest BCUT2D eigenvalue weighted by Gasteiger charge is 2.13. The first-order valence-electron chi connectivity index (χ1n) is 7.56. The summed E-state index contributed by atoms with van der Waals surface area (Å²) in [5.41, 5.74) is 2.18. The molecule has 1 heterocycles. The van der Waals surface area contributed by atoms with Gasteiger partial charge >= 0.3 is 0 Å². The zero-order valence-electron chi connectivity index (χ0n) is 13.7. The van der Waals surface area contributed by atoms with Gasteiger partial charge in [-0.05, 0) is 50.3 Å². The average molecular weight is 338 g/mol. The summed E-state index contributed by atoms with van der Waals surface area (Å²) >= 11 is 0. The van der Waals surface area contributed by atoms with E-state index < -0.39 is 4.92 Å². The molecule has 0 saturated carbocycles. The van der Waals surface area contributed by atoms with E-state index in [1.807, 2.05) is 19.9 Å². The zero-order valence-corrected chi connectivity index (χ0v) is 13.7. The van der Waals surface area contributed by atoms with E-state index in [1.54, 1.807) is 18.2 Å². The predicted octanol–water partition coefficient (Wildman–Crippen LogP) is 4.84. The summed E-state index contributed by atoms with van der Waals surface area (Å²) in [7, 11) is 0. The van der Waals surface area contributed by atoms with Gasteiger partial charge in [-0.3, -0.25) is 10.1 Å². The van der Waals surface area contributed by atoms with Gasteiger partial charge in [0.15, 0.2) is 5.82 Å². The number of nitrogens with one attached hydrogen (secondary N) is 1. The van der Waals surface area contributed by atoms with Gasteiger partial charge in [0.1, 0.15) is 11.6 Å². The average Bonchev–Trinajstić information content (AvgIpc) is 2.56. The molecule has 2 aromatic carbocycles. The minimum absolute atomic E-state index is 0.0479. The van der Waals surface area contributed by atoms with Crippen LogP contribution in [-0.2, 0) is 0 Å². The van der Waals surface area contributed by atoms with Crippen LogP contribution in [0.1, 0.15) is 19.7 Å². The zero-order chi connectivity index (χ0) is 18.0. The number of aromatic nitrogens is 2. The second kappa shape index (κ2) is 6.64. The van der Waals surface area contributed by atoms with Gasteiger partial charge < -0.3 is 5.32 Å². The number of anilines is 2. The normalized spacial score (nSPS) is 10.5. The molecule has 0 aliphatic rings. The van der Waals surface area contributed by atoms with Gasteiger partial charge in [0.05, 0.1) is 10.4 Å². The third-order valence-electron chi connectivity index (χ3n) is 3.43. The molecule has 0 amide bonds. The Bertz CT molecular complexity index is 980. The molecule has 6 nitrogen and oxygen atoms in total. The molecule has 1 N–H and O–H groups in total. The fraction of sp³-hybridized carbons (Fsp3) is 0.111. The highest BCUT2D eigenvalue weighted by molar-refractivity contribution is 5.93. The molecule has 0 fully saturated rings. The molecule has 3 rings (SSSR count). The highest BCUT2D eigenvalue weighted by Crippen LogP contribution is 2.28. The van der Waals surface area contributed by atoms with Crippen molar-refractivity contribution in [2.24, 2.45) is 0 Å². The Morgan fingerprint density at radius 1 is 1.16 bits per heavy atom. The van der Waals surface area contributed by atoms with Crippen molar-refractivity contribution in [1.82, 2.24) is 9.97 Å². The lowest BCUT2D eigenvalue weighted by Crippen LogP contribution is -2.00. The molecule has 0 bridgehead atoms. The van der Waals surface area contributed by atoms with E-state index in [-0.39, 0.29) is 11.5 Å². The molecule has 0 aliphatic carbocycles. The van der Waals surface area contributed by atoms with E-state index in [4.69, 9.17) is 0 Å². The molecule has 0 radical (unpaired) electrons. The van der Waals surface area contributed by atoms with Crippen molar-refractivity contribution < 1.29 is 9.31 Å². The first kappa shape index (κ1) is 16.5. The number of rotatable bonds is 4. The Labute approximate surface area is 143 Å². The van der Waals surface area contributed by atoms with Crippen LogP contribution in [0.4, 0.5) is 21.6 Å². The number of nitrogens with zero attached hydrogens (tertiary/aromatic N) is 3. The van der Waals surface area contributed by atoms with Crippen molar-refractivity contribution in [3.05, 3.63) is 69.8 Å². The Kier molecular flexibility index (Phi) is 4.38. The van der Waals surface area contributed by atoms with Crippen LogP contribution in [0.3, 0.4) is 0 Å². The molecule has 0 spiro atoms. The third kappa shape index (κ3) is 3.77. The molecule has 7 heteroatoms. The van der Waals surface area contributed by atoms with Gasteiger partial charge in [-0.1, -0.05) is 5.57 Å². The molecule has 3 aromatic rings. The van der Waals surface area contributed by atoms with E-state index >= 15 is 0 Å². The standard InChI is InChI=1S/C18H15FN4O2/c1-11(2)9-17-21-16-8-7-14(23(24)25)10-15(16)18(22-17)20-13-5-3-12(19)4-6-13/h3-10H,1-2H3,(H,20,21,22). The fourth-order valence-corrected chi connectivity index (χ4v) is 2.34. The number of nitro benzene ring substituents is 1. The largest absolute Gasteiger partial charge is 0.340 e. The summed E-state index contributed by atoms with van der Waals surface area (Å²) in [6.07, 6.45) is 1.82. The maximum Gasteiger partial charge on any atom is 0.270 e. The molecule has 25 heavy (non-hydrogen) atoms. The summed E-state index contributed by atoms with van der Waals surface area (Å²) in [6.45, 7) is 3.85. The van der Waals surface area contributed by atoms with Crippen molar-refractivity contribution in [1.29, 1.82) is 0 Å². The van der Waals surface area contributed by atoms with Gasteiger partial charge in [-0.2, -0.15) is 0 Å². The molecular weight excluding hydrogens is 323 g/mol. The van der Waals surface area contributed by atoms with Crippen LogP contribution in [0.5, 0.6) is 0 Å². The number of halogens is 1. The van der Waals surface area contributed by atoms with Gasteiger partial charge in [-0.15, -0.1) is 0 Å². The lowest BCUT2D eigenvalue weighted by molar-refractivity contribution is -0.384. The maximum atomic E-state index is 13.1. The predicted molar refractivity (Wildman–Crippen MR) is 95.2 cm³/mol. The molecular formula is C18H15FN4O2. The minimum Gasteiger partial charge on any atom is -0.340 e. The lowest BCUT2D eigenvalue weighted by Gasteiger charge is -2.10. The molecule has 126 valence electrons. The number of benzene rings is 2. The number of hydrogen-bond acceptors (Lipinski definition) is 5. The van der Waals surface area contributed by atoms with Gasteiger partial charge in [0.2, 0.25) is 0 Å². The summed E-state index contributed by atoms with van der Waals surface area (Å²) in [4.78, 5) is 19.5. The van der Waals surface area contributed by atoms with Gasteiger partial charge in [0.25, 0.3) is 5.69 Å². The van der Waals surface area contributed by atoms with Crippen LogP contribution < -0.4 is 5.32 Å². The number of non-ortho nitro benzene ring substituents is 1. The minimum atomic E-state index is -0.467. The second-order valence-electron chi connectivity index (χ2n) is 5.74. The summed E-state index contributed by atoms with van der Waals surface area (Å²) < 4.78 is 13.1. The van der Waals surface area contributed by atoms with Crippen molar-refractivity contribution in [2.45, 2.75) is 13.8 Å². The van der Waals surface area contributed by atoms with Crippen LogP contribution >= 0.6 is 0 Å². The SMILES string of the molecule is CC(C)=Cc1nc(Nc2ccc(F)cc2)c2cc([N+](=O)[O-])ccc2n1. The van der Waals surface area contributed by atoms with E-state index in [2.05, 4.69) is 15.3 Å². The molecule has 0 unspecified atom stereocenters. The second-order valence-corrected chi connectivity index (χ2v) is 5.74. The molecule has 1 aromatic heterocycles. The smallest absolute Gasteiger partial charge is 0.270 e. The summed E-state index contributed by atoms with van der Waals surface area (Å²) in [6, 6.07) is 10.2. The number of hydrogen-bond donors (Lipinski definition) is 1. The Balaban J connectivity index is 2.16. The fourth-order valence-electron chi connectivity index (χ4n) is 2.34. The first-order chi connectivity index (χ1) is 11.9. The Hall–Kier alpha value is -3.35. The van der Waals surface area contributed by atoms with Crippen molar-refractivity contribution in [3.8, 4) is 0 Å². The van der Waals surface area contributed by atoms with Crippen LogP contribution in [0.25, 0.3) is 17.0 Å². The number of allylic oxidation sites excluding steroid dienone is 1. The van der Waals surface area contributed by atoms with Crippen molar-refractivity contribution in [3.63, 3.8) is 0 Å². The maximum absolute atomic E-state index is 13.1. The van der Waals surface area contributed by atoms with Crippen LogP contribution in [0.2, 0.25) is 0 Å². The molecule has 0 aliphatic heterocycles. The van der Waals surface area contributed by atoms with Crippen LogP contribution in [0, 0.1) is 15.9 Å². The van der Waals surface area contributed by atoms with Crippen molar-refractivity contribution >= 4 is 34.2 Å². The monoisotopic (exact) mass is 338 g/mol. The quantitative estimate of drug-likeness (QED) is 0.543. The van der Waals surface area contributed by atoms with Gasteiger partial charge in [0, 0.05) is 23.2 Å². The van der Waals surface area contributed by atoms with E-state index in [0.717, 1.165) is 5.57 Å². The Morgan fingerprint density at radius 3 is 2.52 bits per heavy atom. The summed E-state index contributed by atoms with van der Waals surface area (Å²) in [5, 5.41) is 14.7. The van der Waals surface area contributed by atoms with Gasteiger partial charge in [-0.25, -0.2) is 14.4 Å². The van der Waals surface area contributed by atoms with E-state index in [9.17, 15) is 14.5 Å². The number of fused-ring (bicyclic) bond motifs is 1. The number of nitro groups is 1. The van der Waals surface area contributed by atoms with E-state index in [1.165, 1.54) is 24.3 Å². The first-order valence-corrected chi connectivity index (χ1v) is 7.56. The summed E-state index contributed by atoms with van der Waals surface area (Å²) in [5.74, 6) is 0.567. The van der Waals surface area contributed by atoms with E-state index in [0.29, 0.717) is 28.2 Å². The van der Waals surface area contributed by atoms with Crippen molar-refractivity contribution in [2.75, 3.05) is 5.32 Å². The topological polar surface area (TPSA) is 81.0 Å². The van der Waals surface area contributed by atoms with Crippen LogP contribution in [0.15, 0.2) is 48.0 Å². The lowest BCUT2D eigenvalue weighted by atomic mass is 10.2. The molecule has 0 saturated heterocycles. The third-order valence-corrected chi connectivity index (χ3v) is 3.43. The van der Waals surface area contributed by atoms with Crippen LogP contribution in [-0.4, -0.2) is 14.9 Å². The Morgan fingerprint density at radius 2 is 1.88 bits per heavy atom. The molecule has 0 atom stereocenters.